The molecule has 17 heavy (non-hydrogen) atoms. The molecule has 0 saturated carbocycles. The lowest BCUT2D eigenvalue weighted by molar-refractivity contribution is -0.123. The highest BCUT2D eigenvalue weighted by atomic mass is 16.3. The molecule has 4 heteroatoms. The number of hydrogen-bond acceptors (Lipinski definition) is 3. The second kappa shape index (κ2) is 6.36. The molecule has 0 aliphatic heterocycles. The Bertz CT molecular complexity index is 242. The highest BCUT2D eigenvalue weighted by Gasteiger charge is 2.26. The summed E-state index contributed by atoms with van der Waals surface area (Å²) < 4.78 is 0. The van der Waals surface area contributed by atoms with E-state index in [1.54, 1.807) is 0 Å². The van der Waals surface area contributed by atoms with Gasteiger partial charge in [0.25, 0.3) is 0 Å². The molecule has 0 aromatic carbocycles. The molecule has 4 N–H and O–H groups in total. The van der Waals surface area contributed by atoms with Crippen LogP contribution < -0.4 is 11.1 Å². The van der Waals surface area contributed by atoms with Crippen LogP contribution in [0, 0.1) is 5.41 Å². The molecule has 0 fully saturated rings. The molecule has 4 nitrogen and oxygen atoms in total. The third-order valence-electron chi connectivity index (χ3n) is 3.45. The molecule has 0 heterocycles. The van der Waals surface area contributed by atoms with E-state index in [1.165, 1.54) is 0 Å². The Balaban J connectivity index is 4.12. The number of carbonyl (C=O) groups is 1. The predicted octanol–water partition coefficient (Wildman–Crippen LogP) is 1.42. The Kier molecular flexibility index (Phi) is 6.13. The van der Waals surface area contributed by atoms with Crippen molar-refractivity contribution in [3.8, 4) is 0 Å². The number of amides is 1. The van der Waals surface area contributed by atoms with E-state index in [0.29, 0.717) is 25.8 Å². The molecule has 0 aliphatic carbocycles. The van der Waals surface area contributed by atoms with Crippen LogP contribution in [0.3, 0.4) is 0 Å². The Morgan fingerprint density at radius 3 is 2.12 bits per heavy atom. The van der Waals surface area contributed by atoms with Crippen LogP contribution in [0.1, 0.15) is 53.9 Å². The van der Waals surface area contributed by atoms with Crippen molar-refractivity contribution >= 4 is 5.91 Å². The zero-order valence-corrected chi connectivity index (χ0v) is 11.8. The first-order valence-corrected chi connectivity index (χ1v) is 6.39. The molecule has 1 atom stereocenters. The van der Waals surface area contributed by atoms with Gasteiger partial charge < -0.3 is 16.2 Å². The molecule has 1 amide bonds. The van der Waals surface area contributed by atoms with Crippen LogP contribution in [0.5, 0.6) is 0 Å². The molecule has 102 valence electrons. The van der Waals surface area contributed by atoms with Gasteiger partial charge in [-0.25, -0.2) is 0 Å². The van der Waals surface area contributed by atoms with Crippen LogP contribution in [-0.4, -0.2) is 29.2 Å². The molecule has 0 aromatic rings. The molecule has 0 aliphatic rings. The van der Waals surface area contributed by atoms with Gasteiger partial charge in [0.2, 0.25) is 5.91 Å². The summed E-state index contributed by atoms with van der Waals surface area (Å²) in [7, 11) is 0. The van der Waals surface area contributed by atoms with E-state index in [1.807, 2.05) is 34.6 Å². The Hall–Kier alpha value is -0.610. The highest BCUT2D eigenvalue weighted by molar-refractivity contribution is 5.76. The van der Waals surface area contributed by atoms with Crippen molar-refractivity contribution in [1.82, 2.24) is 5.32 Å². The fourth-order valence-corrected chi connectivity index (χ4v) is 1.34. The summed E-state index contributed by atoms with van der Waals surface area (Å²) >= 11 is 0. The Morgan fingerprint density at radius 1 is 1.29 bits per heavy atom. The fraction of sp³-hybridized carbons (Fsp3) is 0.923. The maximum atomic E-state index is 11.7. The van der Waals surface area contributed by atoms with Gasteiger partial charge in [-0.3, -0.25) is 4.79 Å². The van der Waals surface area contributed by atoms with Crippen LogP contribution in [0.2, 0.25) is 0 Å². The number of rotatable bonds is 6. The van der Waals surface area contributed by atoms with E-state index >= 15 is 0 Å². The summed E-state index contributed by atoms with van der Waals surface area (Å²) in [5.74, 6) is -0.0900. The molecule has 1 unspecified atom stereocenters. The normalized spacial score (nSPS) is 14.5. The number of nitrogens with two attached hydrogens (primary N) is 1. The van der Waals surface area contributed by atoms with Gasteiger partial charge in [0.15, 0.2) is 0 Å². The molecule has 0 spiro atoms. The fourth-order valence-electron chi connectivity index (χ4n) is 1.34. The molecule has 0 radical (unpaired) electrons. The average molecular weight is 244 g/mol. The third-order valence-corrected chi connectivity index (χ3v) is 3.45. The van der Waals surface area contributed by atoms with E-state index in [2.05, 4.69) is 5.32 Å². The van der Waals surface area contributed by atoms with Crippen LogP contribution in [0.25, 0.3) is 0 Å². The van der Waals surface area contributed by atoms with E-state index in [9.17, 15) is 9.90 Å². The van der Waals surface area contributed by atoms with Crippen LogP contribution in [0.4, 0.5) is 0 Å². The number of aliphatic hydroxyl groups is 1. The van der Waals surface area contributed by atoms with Gasteiger partial charge in [-0.05, 0) is 18.3 Å². The van der Waals surface area contributed by atoms with Crippen molar-refractivity contribution in [1.29, 1.82) is 0 Å². The summed E-state index contributed by atoms with van der Waals surface area (Å²) in [4.78, 5) is 11.7. The second-order valence-electron chi connectivity index (χ2n) is 5.88. The first-order chi connectivity index (χ1) is 7.64. The summed E-state index contributed by atoms with van der Waals surface area (Å²) in [6, 6.07) is -0.168. The van der Waals surface area contributed by atoms with Gasteiger partial charge >= 0.3 is 0 Å². The maximum Gasteiger partial charge on any atom is 0.221 e. The smallest absolute Gasteiger partial charge is 0.221 e. The lowest BCUT2D eigenvalue weighted by atomic mass is 9.85. The zero-order valence-electron chi connectivity index (χ0n) is 11.8. The van der Waals surface area contributed by atoms with E-state index in [4.69, 9.17) is 5.73 Å². The third kappa shape index (κ3) is 6.03. The van der Waals surface area contributed by atoms with Crippen molar-refractivity contribution < 1.29 is 9.90 Å². The van der Waals surface area contributed by atoms with Crippen molar-refractivity contribution in [2.24, 2.45) is 11.1 Å². The van der Waals surface area contributed by atoms with Gasteiger partial charge in [0, 0.05) is 19.0 Å². The van der Waals surface area contributed by atoms with Crippen molar-refractivity contribution in [2.75, 3.05) is 6.54 Å². The largest absolute Gasteiger partial charge is 0.388 e. The maximum absolute atomic E-state index is 11.7. The summed E-state index contributed by atoms with van der Waals surface area (Å²) in [6.07, 6.45) is 1.57. The summed E-state index contributed by atoms with van der Waals surface area (Å²) in [5, 5.41) is 12.8. The summed E-state index contributed by atoms with van der Waals surface area (Å²) in [6.45, 7) is 10.2. The Labute approximate surface area is 105 Å². The standard InChI is InChI=1S/C13H28N2O2/c1-6-13(17,7-2)9-15-11(16)8-10(14)12(3,4)5/h10,17H,6-9,14H2,1-5H3,(H,15,16). The molecule has 0 rings (SSSR count). The lowest BCUT2D eigenvalue weighted by Crippen LogP contribution is -2.45. The topological polar surface area (TPSA) is 75.3 Å². The van der Waals surface area contributed by atoms with Gasteiger partial charge in [-0.1, -0.05) is 34.6 Å². The monoisotopic (exact) mass is 244 g/mol. The van der Waals surface area contributed by atoms with Crippen LogP contribution in [-0.2, 0) is 4.79 Å². The number of nitrogens with one attached hydrogen (secondary N) is 1. The minimum absolute atomic E-state index is 0.0802. The first-order valence-electron chi connectivity index (χ1n) is 6.39. The number of hydrogen-bond donors (Lipinski definition) is 3. The number of carbonyl (C=O) groups excluding carboxylic acids is 1. The van der Waals surface area contributed by atoms with Crippen LogP contribution >= 0.6 is 0 Å². The van der Waals surface area contributed by atoms with E-state index in [0.717, 1.165) is 0 Å². The molecular weight excluding hydrogens is 216 g/mol. The predicted molar refractivity (Wildman–Crippen MR) is 70.6 cm³/mol. The van der Waals surface area contributed by atoms with E-state index in [-0.39, 0.29) is 17.4 Å². The van der Waals surface area contributed by atoms with Crippen molar-refractivity contribution in [2.45, 2.75) is 65.5 Å². The molecule has 0 bridgehead atoms. The first kappa shape index (κ1) is 16.4. The minimum Gasteiger partial charge on any atom is -0.388 e. The zero-order chi connectivity index (χ0) is 13.7. The van der Waals surface area contributed by atoms with Crippen LogP contribution in [0.15, 0.2) is 0 Å². The van der Waals surface area contributed by atoms with E-state index < -0.39 is 5.60 Å². The van der Waals surface area contributed by atoms with Crippen molar-refractivity contribution in [3.63, 3.8) is 0 Å². The van der Waals surface area contributed by atoms with Gasteiger partial charge in [-0.2, -0.15) is 0 Å². The minimum atomic E-state index is -0.790. The van der Waals surface area contributed by atoms with Gasteiger partial charge in [-0.15, -0.1) is 0 Å². The average Bonchev–Trinajstić information content (AvgIpc) is 2.24. The molecule has 0 saturated heterocycles. The van der Waals surface area contributed by atoms with Crippen molar-refractivity contribution in [3.05, 3.63) is 0 Å². The summed E-state index contributed by atoms with van der Waals surface area (Å²) in [5.41, 5.74) is 5.06. The Morgan fingerprint density at radius 2 is 1.76 bits per heavy atom. The molecule has 0 aromatic heterocycles. The lowest BCUT2D eigenvalue weighted by Gasteiger charge is -2.28. The second-order valence-corrected chi connectivity index (χ2v) is 5.88. The highest BCUT2D eigenvalue weighted by Crippen LogP contribution is 2.19. The molecular formula is C13H28N2O2. The van der Waals surface area contributed by atoms with Gasteiger partial charge in [0.1, 0.15) is 0 Å². The quantitative estimate of drug-likeness (QED) is 0.661. The van der Waals surface area contributed by atoms with Gasteiger partial charge in [0.05, 0.1) is 5.60 Å². The SMILES string of the molecule is CCC(O)(CC)CNC(=O)CC(N)C(C)(C)C.